The van der Waals surface area contributed by atoms with Crippen molar-refractivity contribution in [2.24, 2.45) is 30.4 Å². The SMILES string of the molecule is COc1cc(C(=O)N2CC3CCC2C3N)cc2nc(-c3cc4ccc(-c5ccc(C(N)=O)cn5)nc4n3CC3CC3)n(C)c12. The molecular formula is C33H34N8O3. The van der Waals surface area contributed by atoms with E-state index in [4.69, 9.17) is 26.2 Å². The van der Waals surface area contributed by atoms with Gasteiger partial charge in [-0.3, -0.25) is 14.6 Å². The van der Waals surface area contributed by atoms with Gasteiger partial charge >= 0.3 is 0 Å². The molecule has 2 saturated carbocycles. The molecule has 11 heteroatoms. The number of piperidine rings is 1. The molecule has 1 saturated heterocycles. The maximum atomic E-state index is 13.7. The fraction of sp³-hybridized carbons (Fsp3) is 0.364. The molecule has 2 bridgehead atoms. The fourth-order valence-electron chi connectivity index (χ4n) is 7.16. The van der Waals surface area contributed by atoms with Gasteiger partial charge in [-0.2, -0.15) is 0 Å². The Morgan fingerprint density at radius 3 is 2.48 bits per heavy atom. The minimum atomic E-state index is -0.516. The summed E-state index contributed by atoms with van der Waals surface area (Å²) in [7, 11) is 3.61. The number of carbonyl (C=O) groups excluding carboxylic acids is 2. The van der Waals surface area contributed by atoms with Crippen LogP contribution in [0.3, 0.4) is 0 Å². The number of benzene rings is 1. The molecule has 3 unspecified atom stereocenters. The number of nitrogens with zero attached hydrogens (tertiary/aromatic N) is 6. The van der Waals surface area contributed by atoms with E-state index in [0.29, 0.717) is 52.2 Å². The van der Waals surface area contributed by atoms with Crippen molar-refractivity contribution in [2.75, 3.05) is 13.7 Å². The van der Waals surface area contributed by atoms with Gasteiger partial charge in [0, 0.05) is 49.4 Å². The van der Waals surface area contributed by atoms with Crippen molar-refractivity contribution in [3.8, 4) is 28.7 Å². The third-order valence-electron chi connectivity index (χ3n) is 9.74. The number of hydrogen-bond acceptors (Lipinski definition) is 7. The lowest BCUT2D eigenvalue weighted by atomic mass is 10.1. The number of rotatable bonds is 7. The first kappa shape index (κ1) is 26.8. The first-order valence-corrected chi connectivity index (χ1v) is 15.2. The molecule has 11 nitrogen and oxygen atoms in total. The normalized spacial score (nSPS) is 21.1. The average Bonchev–Trinajstić information content (AvgIpc) is 3.44. The number of nitrogens with two attached hydrogens (primary N) is 2. The molecule has 3 atom stereocenters. The number of aryl methyl sites for hydroxylation is 1. The summed E-state index contributed by atoms with van der Waals surface area (Å²) in [5.41, 5.74) is 17.4. The monoisotopic (exact) mass is 590 g/mol. The summed E-state index contributed by atoms with van der Waals surface area (Å²) in [6.07, 6.45) is 5.88. The second-order valence-corrected chi connectivity index (χ2v) is 12.5. The van der Waals surface area contributed by atoms with Crippen molar-refractivity contribution in [3.05, 3.63) is 59.8 Å². The first-order valence-electron chi connectivity index (χ1n) is 15.2. The molecule has 5 aromatic rings. The maximum Gasteiger partial charge on any atom is 0.254 e. The summed E-state index contributed by atoms with van der Waals surface area (Å²) in [4.78, 5) is 41.7. The molecule has 4 N–H and O–H groups in total. The molecule has 44 heavy (non-hydrogen) atoms. The molecule has 2 aliphatic carbocycles. The zero-order valence-electron chi connectivity index (χ0n) is 24.7. The van der Waals surface area contributed by atoms with Gasteiger partial charge in [0.15, 0.2) is 5.82 Å². The molecular weight excluding hydrogens is 556 g/mol. The quantitative estimate of drug-likeness (QED) is 0.294. The largest absolute Gasteiger partial charge is 0.494 e. The van der Waals surface area contributed by atoms with Crippen molar-refractivity contribution >= 4 is 33.9 Å². The highest BCUT2D eigenvalue weighted by Crippen LogP contribution is 2.40. The van der Waals surface area contributed by atoms with Gasteiger partial charge in [-0.25, -0.2) is 9.97 Å². The van der Waals surface area contributed by atoms with E-state index < -0.39 is 5.91 Å². The van der Waals surface area contributed by atoms with Gasteiger partial charge in [-0.1, -0.05) is 0 Å². The molecule has 1 aromatic carbocycles. The van der Waals surface area contributed by atoms with E-state index >= 15 is 0 Å². The van der Waals surface area contributed by atoms with Gasteiger partial charge in [-0.15, -0.1) is 0 Å². The number of aromatic nitrogens is 5. The number of carbonyl (C=O) groups is 2. The Bertz CT molecular complexity index is 1970. The number of fused-ring (bicyclic) bond motifs is 4. The molecule has 3 fully saturated rings. The van der Waals surface area contributed by atoms with Crippen LogP contribution < -0.4 is 16.2 Å². The second-order valence-electron chi connectivity index (χ2n) is 12.5. The Labute approximate surface area is 253 Å². The third kappa shape index (κ3) is 4.17. The van der Waals surface area contributed by atoms with E-state index in [9.17, 15) is 9.59 Å². The highest BCUT2D eigenvalue weighted by Gasteiger charge is 2.47. The van der Waals surface area contributed by atoms with E-state index in [1.807, 2.05) is 40.8 Å². The van der Waals surface area contributed by atoms with Gasteiger partial charge in [0.1, 0.15) is 16.9 Å². The van der Waals surface area contributed by atoms with Crippen LogP contribution in [-0.4, -0.2) is 66.5 Å². The fourth-order valence-corrected chi connectivity index (χ4v) is 7.16. The van der Waals surface area contributed by atoms with Crippen LogP contribution in [0.1, 0.15) is 46.4 Å². The van der Waals surface area contributed by atoms with Crippen molar-refractivity contribution in [1.29, 1.82) is 0 Å². The minimum absolute atomic E-state index is 0.0166. The number of ether oxygens (including phenoxy) is 1. The van der Waals surface area contributed by atoms with Crippen LogP contribution in [0.15, 0.2) is 48.7 Å². The Balaban J connectivity index is 1.22. The maximum absolute atomic E-state index is 13.7. The van der Waals surface area contributed by atoms with Gasteiger partial charge in [0.25, 0.3) is 5.91 Å². The Kier molecular flexibility index (Phi) is 6.02. The third-order valence-corrected chi connectivity index (χ3v) is 9.74. The average molecular weight is 591 g/mol. The lowest BCUT2D eigenvalue weighted by Gasteiger charge is -2.27. The van der Waals surface area contributed by atoms with E-state index in [-0.39, 0.29) is 18.0 Å². The smallest absolute Gasteiger partial charge is 0.254 e. The second kappa shape index (κ2) is 9.88. The van der Waals surface area contributed by atoms with Crippen LogP contribution in [0.25, 0.3) is 45.0 Å². The van der Waals surface area contributed by atoms with Gasteiger partial charge < -0.3 is 30.2 Å². The van der Waals surface area contributed by atoms with Crippen molar-refractivity contribution in [3.63, 3.8) is 0 Å². The number of likely N-dealkylation sites (tertiary alicyclic amines) is 1. The molecule has 5 heterocycles. The predicted octanol–water partition coefficient (Wildman–Crippen LogP) is 3.73. The van der Waals surface area contributed by atoms with Crippen LogP contribution >= 0.6 is 0 Å². The van der Waals surface area contributed by atoms with E-state index in [1.54, 1.807) is 19.2 Å². The van der Waals surface area contributed by atoms with Crippen LogP contribution in [0, 0.1) is 11.8 Å². The Hall–Kier alpha value is -4.77. The predicted molar refractivity (Wildman–Crippen MR) is 166 cm³/mol. The molecule has 0 radical (unpaired) electrons. The Morgan fingerprint density at radius 2 is 1.82 bits per heavy atom. The number of primary amides is 1. The molecule has 1 aliphatic heterocycles. The first-order chi connectivity index (χ1) is 21.3. The van der Waals surface area contributed by atoms with Gasteiger partial charge in [0.2, 0.25) is 5.91 Å². The van der Waals surface area contributed by atoms with Crippen molar-refractivity contribution in [2.45, 2.75) is 44.3 Å². The summed E-state index contributed by atoms with van der Waals surface area (Å²) in [5, 5.41) is 0.994. The van der Waals surface area contributed by atoms with Crippen molar-refractivity contribution < 1.29 is 14.3 Å². The number of methoxy groups -OCH3 is 1. The molecule has 4 aromatic heterocycles. The summed E-state index contributed by atoms with van der Waals surface area (Å²) in [5.74, 6) is 1.81. The van der Waals surface area contributed by atoms with Gasteiger partial charge in [-0.05, 0) is 80.0 Å². The lowest BCUT2D eigenvalue weighted by molar-refractivity contribution is 0.0700. The highest BCUT2D eigenvalue weighted by molar-refractivity contribution is 6.00. The zero-order chi connectivity index (χ0) is 30.3. The van der Waals surface area contributed by atoms with Gasteiger partial charge in [0.05, 0.1) is 35.3 Å². The topological polar surface area (TPSA) is 147 Å². The van der Waals surface area contributed by atoms with E-state index in [0.717, 1.165) is 47.5 Å². The molecule has 3 aliphatic rings. The number of hydrogen-bond donors (Lipinski definition) is 2. The summed E-state index contributed by atoms with van der Waals surface area (Å²) in [6, 6.07) is 13.4. The van der Waals surface area contributed by atoms with E-state index in [2.05, 4.69) is 15.6 Å². The lowest BCUT2D eigenvalue weighted by Crippen LogP contribution is -2.41. The molecule has 0 spiro atoms. The Morgan fingerprint density at radius 1 is 1.00 bits per heavy atom. The highest BCUT2D eigenvalue weighted by atomic mass is 16.5. The van der Waals surface area contributed by atoms with Crippen LogP contribution in [0.2, 0.25) is 0 Å². The minimum Gasteiger partial charge on any atom is -0.494 e. The van der Waals surface area contributed by atoms with Crippen molar-refractivity contribution in [1.82, 2.24) is 29.0 Å². The molecule has 8 rings (SSSR count). The standard InChI is InChI=1S/C33H34N8O3/c1-39-29-24(11-21(13-27(29)44-2)33(43)41-16-20-7-10-25(41)28(20)34)38-32(39)26-12-18-5-9-23(22-8-6-19(14-36-22)30(35)42)37-31(18)40(26)15-17-3-4-17/h5-6,8-9,11-14,17,20,25,28H,3-4,7,10,15-16,34H2,1-2H3,(H2,35,42). The summed E-state index contributed by atoms with van der Waals surface area (Å²) in [6.45, 7) is 1.53. The zero-order valence-corrected chi connectivity index (χ0v) is 24.7. The number of amides is 2. The molecule has 2 amide bonds. The summed E-state index contributed by atoms with van der Waals surface area (Å²) >= 11 is 0. The van der Waals surface area contributed by atoms with Crippen LogP contribution in [0.4, 0.5) is 0 Å². The van der Waals surface area contributed by atoms with E-state index in [1.165, 1.54) is 19.0 Å². The number of pyridine rings is 2. The molecule has 224 valence electrons. The number of imidazole rings is 1. The van der Waals surface area contributed by atoms with Crippen LogP contribution in [-0.2, 0) is 13.6 Å². The summed E-state index contributed by atoms with van der Waals surface area (Å²) < 4.78 is 10.1. The van der Waals surface area contributed by atoms with Crippen LogP contribution in [0.5, 0.6) is 5.75 Å².